The highest BCUT2D eigenvalue weighted by Crippen LogP contribution is 2.14. The van der Waals surface area contributed by atoms with Crippen molar-refractivity contribution in [1.82, 2.24) is 10.2 Å². The maximum absolute atomic E-state index is 12.5. The standard InChI is InChI=1S/C18H25N3O4/c1-13-12-21(8-11-25-13)17(22)14-2-4-15(5-3-14)19-18(23)20-16-6-9-24-10-7-16/h2-5,13,16H,6-12H2,1H3,(H2,19,20,23). The molecule has 7 nitrogen and oxygen atoms in total. The third-order valence-corrected chi connectivity index (χ3v) is 4.47. The van der Waals surface area contributed by atoms with Gasteiger partial charge in [0, 0.05) is 43.6 Å². The summed E-state index contributed by atoms with van der Waals surface area (Å²) in [5.41, 5.74) is 1.28. The van der Waals surface area contributed by atoms with Crippen molar-refractivity contribution >= 4 is 17.6 Å². The van der Waals surface area contributed by atoms with Crippen LogP contribution in [0, 0.1) is 0 Å². The van der Waals surface area contributed by atoms with Gasteiger partial charge in [-0.2, -0.15) is 0 Å². The molecule has 1 aromatic rings. The second-order valence-corrected chi connectivity index (χ2v) is 6.50. The van der Waals surface area contributed by atoms with Gasteiger partial charge in [-0.05, 0) is 44.0 Å². The summed E-state index contributed by atoms with van der Waals surface area (Å²) in [6.45, 7) is 5.11. The molecule has 3 rings (SSSR count). The minimum absolute atomic E-state index is 0.00615. The van der Waals surface area contributed by atoms with Gasteiger partial charge in [-0.1, -0.05) is 0 Å². The molecule has 1 atom stereocenters. The fourth-order valence-corrected chi connectivity index (χ4v) is 3.08. The number of anilines is 1. The van der Waals surface area contributed by atoms with Crippen LogP contribution in [0.3, 0.4) is 0 Å². The van der Waals surface area contributed by atoms with Crippen LogP contribution in [0.2, 0.25) is 0 Å². The van der Waals surface area contributed by atoms with E-state index in [-0.39, 0.29) is 24.1 Å². The zero-order chi connectivity index (χ0) is 17.6. The number of carbonyl (C=O) groups excluding carboxylic acids is 2. The number of amides is 3. The number of nitrogens with one attached hydrogen (secondary N) is 2. The summed E-state index contributed by atoms with van der Waals surface area (Å²) in [5, 5.41) is 5.75. The van der Waals surface area contributed by atoms with Gasteiger partial charge in [0.05, 0.1) is 12.7 Å². The van der Waals surface area contributed by atoms with Crippen molar-refractivity contribution in [2.24, 2.45) is 0 Å². The molecule has 1 unspecified atom stereocenters. The first-order valence-electron chi connectivity index (χ1n) is 8.78. The van der Waals surface area contributed by atoms with Crippen LogP contribution in [0.5, 0.6) is 0 Å². The number of hydrogen-bond acceptors (Lipinski definition) is 4. The second-order valence-electron chi connectivity index (χ2n) is 6.50. The molecule has 0 aliphatic carbocycles. The molecule has 0 aromatic heterocycles. The number of rotatable bonds is 3. The molecule has 2 heterocycles. The lowest BCUT2D eigenvalue weighted by Crippen LogP contribution is -2.44. The van der Waals surface area contributed by atoms with Crippen LogP contribution in [0.25, 0.3) is 0 Å². The molecule has 0 radical (unpaired) electrons. The van der Waals surface area contributed by atoms with Gasteiger partial charge < -0.3 is 25.0 Å². The Kier molecular flexibility index (Phi) is 5.88. The Bertz CT molecular complexity index is 599. The molecular formula is C18H25N3O4. The van der Waals surface area contributed by atoms with E-state index in [4.69, 9.17) is 9.47 Å². The summed E-state index contributed by atoms with van der Waals surface area (Å²) in [7, 11) is 0. The topological polar surface area (TPSA) is 79.9 Å². The van der Waals surface area contributed by atoms with Gasteiger partial charge in [0.1, 0.15) is 0 Å². The highest BCUT2D eigenvalue weighted by Gasteiger charge is 2.22. The molecule has 136 valence electrons. The van der Waals surface area contributed by atoms with Crippen molar-refractivity contribution < 1.29 is 19.1 Å². The van der Waals surface area contributed by atoms with E-state index >= 15 is 0 Å². The van der Waals surface area contributed by atoms with Crippen molar-refractivity contribution in [3.63, 3.8) is 0 Å². The molecule has 0 saturated carbocycles. The van der Waals surface area contributed by atoms with Crippen LogP contribution >= 0.6 is 0 Å². The molecule has 1 aromatic carbocycles. The summed E-state index contributed by atoms with van der Waals surface area (Å²) in [5.74, 6) is -0.00615. The largest absolute Gasteiger partial charge is 0.381 e. The summed E-state index contributed by atoms with van der Waals surface area (Å²) >= 11 is 0. The Hall–Kier alpha value is -2.12. The van der Waals surface area contributed by atoms with Crippen LogP contribution in [-0.2, 0) is 9.47 Å². The van der Waals surface area contributed by atoms with Crippen LogP contribution in [0.15, 0.2) is 24.3 Å². The lowest BCUT2D eigenvalue weighted by molar-refractivity contribution is -0.0124. The Labute approximate surface area is 147 Å². The second kappa shape index (κ2) is 8.31. The minimum atomic E-state index is -0.229. The number of ether oxygens (including phenoxy) is 2. The monoisotopic (exact) mass is 347 g/mol. The molecule has 2 aliphatic rings. The fourth-order valence-electron chi connectivity index (χ4n) is 3.08. The van der Waals surface area contributed by atoms with E-state index in [9.17, 15) is 9.59 Å². The van der Waals surface area contributed by atoms with Gasteiger partial charge in [-0.3, -0.25) is 4.79 Å². The van der Waals surface area contributed by atoms with Gasteiger partial charge in [-0.25, -0.2) is 4.79 Å². The van der Waals surface area contributed by atoms with E-state index < -0.39 is 0 Å². The van der Waals surface area contributed by atoms with Crippen LogP contribution in [0.1, 0.15) is 30.1 Å². The normalized spacial score (nSPS) is 21.6. The predicted octanol–water partition coefficient (Wildman–Crippen LogP) is 1.85. The molecule has 3 amide bonds. The van der Waals surface area contributed by atoms with Crippen molar-refractivity contribution in [3.05, 3.63) is 29.8 Å². The molecule has 2 N–H and O–H groups in total. The molecule has 2 fully saturated rings. The first-order chi connectivity index (χ1) is 12.1. The Morgan fingerprint density at radius 3 is 2.52 bits per heavy atom. The Morgan fingerprint density at radius 2 is 1.84 bits per heavy atom. The lowest BCUT2D eigenvalue weighted by Gasteiger charge is -2.31. The molecule has 25 heavy (non-hydrogen) atoms. The van der Waals surface area contributed by atoms with Gasteiger partial charge in [0.2, 0.25) is 0 Å². The van der Waals surface area contributed by atoms with Crippen LogP contribution in [-0.4, -0.2) is 61.9 Å². The molecule has 2 saturated heterocycles. The maximum Gasteiger partial charge on any atom is 0.319 e. The average molecular weight is 347 g/mol. The number of urea groups is 1. The third kappa shape index (κ3) is 4.93. The smallest absolute Gasteiger partial charge is 0.319 e. The van der Waals surface area contributed by atoms with Gasteiger partial charge in [0.15, 0.2) is 0 Å². The Morgan fingerprint density at radius 1 is 1.12 bits per heavy atom. The summed E-state index contributed by atoms with van der Waals surface area (Å²) in [4.78, 5) is 26.3. The van der Waals surface area contributed by atoms with Crippen molar-refractivity contribution in [2.75, 3.05) is 38.2 Å². The van der Waals surface area contributed by atoms with E-state index in [0.717, 1.165) is 12.8 Å². The van der Waals surface area contributed by atoms with Crippen molar-refractivity contribution in [2.45, 2.75) is 31.9 Å². The molecule has 0 bridgehead atoms. The number of morpholine rings is 1. The summed E-state index contributed by atoms with van der Waals surface area (Å²) in [6, 6.07) is 6.91. The van der Waals surface area contributed by atoms with Crippen molar-refractivity contribution in [3.8, 4) is 0 Å². The number of nitrogens with zero attached hydrogens (tertiary/aromatic N) is 1. The van der Waals surface area contributed by atoms with E-state index in [2.05, 4.69) is 10.6 Å². The lowest BCUT2D eigenvalue weighted by atomic mass is 10.1. The van der Waals surface area contributed by atoms with Crippen LogP contribution in [0.4, 0.5) is 10.5 Å². The number of carbonyl (C=O) groups is 2. The average Bonchev–Trinajstić information content (AvgIpc) is 2.62. The number of hydrogen-bond donors (Lipinski definition) is 2. The van der Waals surface area contributed by atoms with E-state index in [1.807, 2.05) is 6.92 Å². The van der Waals surface area contributed by atoms with E-state index in [1.165, 1.54) is 0 Å². The summed E-state index contributed by atoms with van der Waals surface area (Å²) in [6.07, 6.45) is 1.73. The van der Waals surface area contributed by atoms with Crippen LogP contribution < -0.4 is 10.6 Å². The van der Waals surface area contributed by atoms with Gasteiger partial charge in [0.25, 0.3) is 5.91 Å². The highest BCUT2D eigenvalue weighted by atomic mass is 16.5. The van der Waals surface area contributed by atoms with Gasteiger partial charge >= 0.3 is 6.03 Å². The van der Waals surface area contributed by atoms with E-state index in [1.54, 1.807) is 29.2 Å². The first-order valence-corrected chi connectivity index (χ1v) is 8.78. The minimum Gasteiger partial charge on any atom is -0.381 e. The predicted molar refractivity (Wildman–Crippen MR) is 93.8 cm³/mol. The fraction of sp³-hybridized carbons (Fsp3) is 0.556. The molecule has 0 spiro atoms. The zero-order valence-electron chi connectivity index (χ0n) is 14.5. The zero-order valence-corrected chi connectivity index (χ0v) is 14.5. The SMILES string of the molecule is CC1CN(C(=O)c2ccc(NC(=O)NC3CCOCC3)cc2)CCO1. The Balaban J connectivity index is 1.52. The molecule has 2 aliphatic heterocycles. The molecular weight excluding hydrogens is 322 g/mol. The third-order valence-electron chi connectivity index (χ3n) is 4.47. The molecule has 7 heteroatoms. The van der Waals surface area contributed by atoms with Gasteiger partial charge in [-0.15, -0.1) is 0 Å². The maximum atomic E-state index is 12.5. The number of benzene rings is 1. The van der Waals surface area contributed by atoms with E-state index in [0.29, 0.717) is 44.2 Å². The first kappa shape index (κ1) is 17.7. The summed E-state index contributed by atoms with van der Waals surface area (Å²) < 4.78 is 10.7. The van der Waals surface area contributed by atoms with Crippen molar-refractivity contribution in [1.29, 1.82) is 0 Å². The quantitative estimate of drug-likeness (QED) is 0.874. The highest BCUT2D eigenvalue weighted by molar-refractivity contribution is 5.95.